The second-order valence-corrected chi connectivity index (χ2v) is 9.11. The number of carboxylic acids is 1. The number of imidazole rings is 1. The third-order valence-electron chi connectivity index (χ3n) is 5.72. The van der Waals surface area contributed by atoms with Gasteiger partial charge in [0.1, 0.15) is 23.9 Å². The van der Waals surface area contributed by atoms with Crippen molar-refractivity contribution in [2.75, 3.05) is 12.3 Å². The first-order valence-corrected chi connectivity index (χ1v) is 12.7. The number of hydrogen-bond acceptors (Lipinski definition) is 9. The predicted octanol–water partition coefficient (Wildman–Crippen LogP) is -1.17. The Hall–Kier alpha value is -3.62. The van der Waals surface area contributed by atoms with E-state index in [1.54, 1.807) is 12.1 Å². The molecule has 1 aromatic heterocycles. The summed E-state index contributed by atoms with van der Waals surface area (Å²) in [6.45, 7) is 0.397. The number of nitrogens with zero attached hydrogens (tertiary/aromatic N) is 1. The predicted molar refractivity (Wildman–Crippen MR) is 142 cm³/mol. The summed E-state index contributed by atoms with van der Waals surface area (Å²) in [5.74, 6) is -3.27. The number of H-pyrrole nitrogens is 1. The average Bonchev–Trinajstić information content (AvgIpc) is 3.40. The Balaban J connectivity index is 2.14. The summed E-state index contributed by atoms with van der Waals surface area (Å²) < 4.78 is 0. The minimum Gasteiger partial charge on any atom is -0.508 e. The molecule has 4 unspecified atom stereocenters. The standard InChI is InChI=1S/C24H35N7O6S/c25-8-2-1-3-18(29-21(33)17(26)9-14-4-6-16(32)7-5-14)22(34)30-19(10-15-11-27-13-28-15)23(35)31-20(12-38)24(36)37/h4-7,11,13,17-20,32,38H,1-3,8-10,12,25-26H2,(H,27,28)(H,29,33)(H,30,34)(H,31,35)(H,36,37). The highest BCUT2D eigenvalue weighted by Crippen LogP contribution is 2.11. The van der Waals surface area contributed by atoms with E-state index in [2.05, 4.69) is 38.5 Å². The minimum atomic E-state index is -1.27. The zero-order chi connectivity index (χ0) is 28.1. The average molecular weight is 550 g/mol. The SMILES string of the molecule is NCCCCC(NC(=O)C(N)Cc1ccc(O)cc1)C(=O)NC(Cc1cnc[nH]1)C(=O)NC(CS)C(=O)O. The van der Waals surface area contributed by atoms with E-state index in [0.29, 0.717) is 25.1 Å². The lowest BCUT2D eigenvalue weighted by Gasteiger charge is -2.25. The molecule has 0 spiro atoms. The maximum Gasteiger partial charge on any atom is 0.327 e. The number of aromatic amines is 1. The maximum atomic E-state index is 13.3. The van der Waals surface area contributed by atoms with Crippen LogP contribution in [0.4, 0.5) is 0 Å². The number of unbranched alkanes of at least 4 members (excludes halogenated alkanes) is 1. The molecular formula is C24H35N7O6S. The fourth-order valence-electron chi connectivity index (χ4n) is 3.57. The second-order valence-electron chi connectivity index (χ2n) is 8.75. The number of carboxylic acid groups (broad SMARTS) is 1. The molecule has 4 atom stereocenters. The van der Waals surface area contributed by atoms with Crippen LogP contribution in [0.2, 0.25) is 0 Å². The lowest BCUT2D eigenvalue weighted by Crippen LogP contribution is -2.58. The van der Waals surface area contributed by atoms with E-state index in [0.717, 1.165) is 5.56 Å². The van der Waals surface area contributed by atoms with E-state index >= 15 is 0 Å². The fraction of sp³-hybridized carbons (Fsp3) is 0.458. The van der Waals surface area contributed by atoms with Crippen molar-refractivity contribution in [3.63, 3.8) is 0 Å². The van der Waals surface area contributed by atoms with Crippen LogP contribution in [0.3, 0.4) is 0 Å². The van der Waals surface area contributed by atoms with Gasteiger partial charge in [-0.3, -0.25) is 14.4 Å². The molecule has 0 bridgehead atoms. The molecule has 2 aromatic rings. The van der Waals surface area contributed by atoms with Gasteiger partial charge in [0.05, 0.1) is 12.4 Å². The molecule has 0 aliphatic carbocycles. The van der Waals surface area contributed by atoms with Gasteiger partial charge in [-0.05, 0) is 49.9 Å². The quantitative estimate of drug-likeness (QED) is 0.0906. The Morgan fingerprint density at radius 3 is 2.16 bits per heavy atom. The lowest BCUT2D eigenvalue weighted by molar-refractivity contribution is -0.141. The number of thiol groups is 1. The molecule has 0 radical (unpaired) electrons. The van der Waals surface area contributed by atoms with Crippen molar-refractivity contribution in [2.24, 2.45) is 11.5 Å². The molecule has 0 fully saturated rings. The van der Waals surface area contributed by atoms with Crippen LogP contribution in [0.5, 0.6) is 5.75 Å². The fourth-order valence-corrected chi connectivity index (χ4v) is 3.82. The van der Waals surface area contributed by atoms with Crippen LogP contribution in [-0.2, 0) is 32.0 Å². The van der Waals surface area contributed by atoms with E-state index in [1.807, 2.05) is 0 Å². The van der Waals surface area contributed by atoms with Gasteiger partial charge in [-0.1, -0.05) is 12.1 Å². The monoisotopic (exact) mass is 549 g/mol. The molecule has 2 rings (SSSR count). The Morgan fingerprint density at radius 2 is 1.58 bits per heavy atom. The molecule has 208 valence electrons. The summed E-state index contributed by atoms with van der Waals surface area (Å²) in [6, 6.07) is 1.84. The summed E-state index contributed by atoms with van der Waals surface area (Å²) >= 11 is 3.95. The van der Waals surface area contributed by atoms with Crippen LogP contribution in [0.15, 0.2) is 36.8 Å². The molecule has 14 heteroatoms. The van der Waals surface area contributed by atoms with Crippen molar-refractivity contribution in [1.29, 1.82) is 0 Å². The number of aromatic hydroxyl groups is 1. The highest BCUT2D eigenvalue weighted by molar-refractivity contribution is 7.80. The number of carbonyl (C=O) groups excluding carboxylic acids is 3. The van der Waals surface area contributed by atoms with Gasteiger partial charge in [-0.2, -0.15) is 12.6 Å². The van der Waals surface area contributed by atoms with Crippen molar-refractivity contribution in [1.82, 2.24) is 25.9 Å². The summed E-state index contributed by atoms with van der Waals surface area (Å²) in [5.41, 5.74) is 12.9. The number of phenols is 1. The van der Waals surface area contributed by atoms with Crippen molar-refractivity contribution in [3.8, 4) is 5.75 Å². The minimum absolute atomic E-state index is 0.000314. The zero-order valence-corrected chi connectivity index (χ0v) is 21.7. The zero-order valence-electron chi connectivity index (χ0n) is 20.8. The van der Waals surface area contributed by atoms with E-state index in [-0.39, 0.29) is 30.8 Å². The van der Waals surface area contributed by atoms with Crippen LogP contribution < -0.4 is 27.4 Å². The van der Waals surface area contributed by atoms with Gasteiger partial charge in [-0.15, -0.1) is 0 Å². The number of aliphatic carboxylic acids is 1. The molecule has 0 saturated heterocycles. The molecule has 13 nitrogen and oxygen atoms in total. The Bertz CT molecular complexity index is 1050. The third kappa shape index (κ3) is 10.0. The third-order valence-corrected chi connectivity index (χ3v) is 6.08. The van der Waals surface area contributed by atoms with Crippen molar-refractivity contribution in [3.05, 3.63) is 48.0 Å². The topological polar surface area (TPSA) is 226 Å². The Kier molecular flexibility index (Phi) is 12.6. The Labute approximate surface area is 225 Å². The first-order chi connectivity index (χ1) is 18.1. The Morgan fingerprint density at radius 1 is 0.947 bits per heavy atom. The lowest BCUT2D eigenvalue weighted by atomic mass is 10.0. The number of phenolic OH excluding ortho intramolecular Hbond substituents is 1. The molecule has 0 saturated carbocycles. The number of amides is 3. The van der Waals surface area contributed by atoms with Gasteiger partial charge in [0.15, 0.2) is 0 Å². The maximum absolute atomic E-state index is 13.3. The summed E-state index contributed by atoms with van der Waals surface area (Å²) in [6.07, 6.45) is 4.44. The number of carbonyl (C=O) groups is 4. The molecule has 1 heterocycles. The molecule has 1 aromatic carbocycles. The summed E-state index contributed by atoms with van der Waals surface area (Å²) in [4.78, 5) is 57.1. The van der Waals surface area contributed by atoms with Gasteiger partial charge >= 0.3 is 5.97 Å². The second kappa shape index (κ2) is 15.6. The van der Waals surface area contributed by atoms with E-state index in [9.17, 15) is 29.4 Å². The smallest absolute Gasteiger partial charge is 0.327 e. The van der Waals surface area contributed by atoms with Crippen LogP contribution in [-0.4, -0.2) is 80.3 Å². The molecule has 3 amide bonds. The number of aromatic nitrogens is 2. The van der Waals surface area contributed by atoms with Crippen LogP contribution >= 0.6 is 12.6 Å². The van der Waals surface area contributed by atoms with E-state index in [1.165, 1.54) is 24.7 Å². The molecular weight excluding hydrogens is 514 g/mol. The highest BCUT2D eigenvalue weighted by Gasteiger charge is 2.30. The number of hydrogen-bond donors (Lipinski definition) is 9. The van der Waals surface area contributed by atoms with Crippen molar-refractivity contribution >= 4 is 36.3 Å². The van der Waals surface area contributed by atoms with Gasteiger partial charge < -0.3 is 42.6 Å². The highest BCUT2D eigenvalue weighted by atomic mass is 32.1. The van der Waals surface area contributed by atoms with Gasteiger partial charge in [0.2, 0.25) is 17.7 Å². The van der Waals surface area contributed by atoms with Gasteiger partial charge in [0.25, 0.3) is 0 Å². The molecule has 10 N–H and O–H groups in total. The van der Waals surface area contributed by atoms with Crippen molar-refractivity contribution in [2.45, 2.75) is 56.3 Å². The number of nitrogens with one attached hydrogen (secondary N) is 4. The van der Waals surface area contributed by atoms with E-state index in [4.69, 9.17) is 11.5 Å². The largest absolute Gasteiger partial charge is 0.508 e. The van der Waals surface area contributed by atoms with Crippen LogP contribution in [0, 0.1) is 0 Å². The molecule has 0 aliphatic rings. The number of benzene rings is 1. The summed E-state index contributed by atoms with van der Waals surface area (Å²) in [5, 5.41) is 26.3. The molecule has 0 aliphatic heterocycles. The normalized spacial score (nSPS) is 14.1. The number of rotatable bonds is 16. The van der Waals surface area contributed by atoms with Gasteiger partial charge in [-0.25, -0.2) is 9.78 Å². The van der Waals surface area contributed by atoms with E-state index < -0.39 is 47.9 Å². The van der Waals surface area contributed by atoms with Gasteiger partial charge in [0, 0.05) is 24.1 Å². The van der Waals surface area contributed by atoms with Crippen LogP contribution in [0.25, 0.3) is 0 Å². The van der Waals surface area contributed by atoms with Crippen molar-refractivity contribution < 1.29 is 29.4 Å². The molecule has 38 heavy (non-hydrogen) atoms. The first kappa shape index (κ1) is 30.6. The summed E-state index contributed by atoms with van der Waals surface area (Å²) in [7, 11) is 0. The van der Waals surface area contributed by atoms with Crippen LogP contribution in [0.1, 0.15) is 30.5 Å². The first-order valence-electron chi connectivity index (χ1n) is 12.1. The number of nitrogens with two attached hydrogens (primary N) is 2.